The highest BCUT2D eigenvalue weighted by molar-refractivity contribution is 8.00. The van der Waals surface area contributed by atoms with Gasteiger partial charge in [-0.3, -0.25) is 14.9 Å². The van der Waals surface area contributed by atoms with Crippen molar-refractivity contribution < 1.29 is 36.4 Å². The van der Waals surface area contributed by atoms with E-state index in [4.69, 9.17) is 5.11 Å². The standard InChI is InChI=1S/C9H6F3NO6S2/c10-9(11,12)20-5-1-2-7(6(3-5)13(16)17)21(18,19)4-8(14)15/h1-3H,4H2,(H,14,15). The molecule has 0 spiro atoms. The molecular formula is C9H6F3NO6S2. The number of nitro groups is 1. The van der Waals surface area contributed by atoms with E-state index in [1.54, 1.807) is 0 Å². The van der Waals surface area contributed by atoms with Crippen molar-refractivity contribution in [3.8, 4) is 0 Å². The van der Waals surface area contributed by atoms with Gasteiger partial charge in [-0.05, 0) is 23.9 Å². The lowest BCUT2D eigenvalue weighted by Crippen LogP contribution is -2.16. The summed E-state index contributed by atoms with van der Waals surface area (Å²) in [6, 6.07) is 1.75. The number of nitro benzene ring substituents is 1. The topological polar surface area (TPSA) is 115 Å². The predicted octanol–water partition coefficient (Wildman–Crippen LogP) is 2.07. The molecule has 0 aliphatic heterocycles. The number of carboxylic acid groups (broad SMARTS) is 1. The predicted molar refractivity (Wildman–Crippen MR) is 64.7 cm³/mol. The minimum Gasteiger partial charge on any atom is -0.480 e. The number of halogens is 3. The van der Waals surface area contributed by atoms with Crippen LogP contribution in [0.25, 0.3) is 0 Å². The van der Waals surface area contributed by atoms with E-state index in [1.165, 1.54) is 0 Å². The second kappa shape index (κ2) is 5.89. The molecule has 0 heterocycles. The number of carbonyl (C=O) groups is 1. The van der Waals surface area contributed by atoms with Crippen LogP contribution in [-0.4, -0.2) is 35.7 Å². The van der Waals surface area contributed by atoms with Gasteiger partial charge >= 0.3 is 11.5 Å². The summed E-state index contributed by atoms with van der Waals surface area (Å²) in [7, 11) is -4.53. The molecule has 0 unspecified atom stereocenters. The maximum Gasteiger partial charge on any atom is 0.446 e. The molecule has 0 radical (unpaired) electrons. The first kappa shape index (κ1) is 17.2. The van der Waals surface area contributed by atoms with Gasteiger partial charge in [-0.25, -0.2) is 8.42 Å². The van der Waals surface area contributed by atoms with E-state index in [-0.39, 0.29) is 0 Å². The first-order valence-corrected chi connectivity index (χ1v) is 7.38. The molecule has 0 amide bonds. The van der Waals surface area contributed by atoms with E-state index in [1.807, 2.05) is 0 Å². The Labute approximate surface area is 119 Å². The van der Waals surface area contributed by atoms with Crippen LogP contribution >= 0.6 is 11.8 Å². The highest BCUT2D eigenvalue weighted by atomic mass is 32.2. The summed E-state index contributed by atoms with van der Waals surface area (Å²) >= 11 is -0.650. The van der Waals surface area contributed by atoms with Gasteiger partial charge in [0.1, 0.15) is 4.90 Å². The van der Waals surface area contributed by atoms with Gasteiger partial charge in [-0.15, -0.1) is 0 Å². The fourth-order valence-corrected chi connectivity index (χ4v) is 3.12. The fraction of sp³-hybridized carbons (Fsp3) is 0.222. The summed E-state index contributed by atoms with van der Waals surface area (Å²) in [4.78, 5) is 18.5. The average Bonchev–Trinajstić information content (AvgIpc) is 2.24. The lowest BCUT2D eigenvalue weighted by Gasteiger charge is -2.07. The zero-order valence-electron chi connectivity index (χ0n) is 9.83. The SMILES string of the molecule is O=C(O)CS(=O)(=O)c1ccc(SC(F)(F)F)cc1[N+](=O)[O-]. The number of alkyl halides is 3. The normalized spacial score (nSPS) is 12.1. The molecule has 1 N–H and O–H groups in total. The number of hydrogen-bond acceptors (Lipinski definition) is 6. The van der Waals surface area contributed by atoms with Crippen LogP contribution in [0.15, 0.2) is 28.0 Å². The zero-order valence-corrected chi connectivity index (χ0v) is 11.5. The molecule has 1 aromatic rings. The highest BCUT2D eigenvalue weighted by Gasteiger charge is 2.33. The van der Waals surface area contributed by atoms with Crippen LogP contribution in [0.2, 0.25) is 0 Å². The minimum absolute atomic E-state index is 0.437. The second-order valence-electron chi connectivity index (χ2n) is 3.59. The molecule has 0 aliphatic rings. The molecule has 1 rings (SSSR count). The molecule has 0 saturated heterocycles. The van der Waals surface area contributed by atoms with Crippen molar-refractivity contribution in [1.29, 1.82) is 0 Å². The Morgan fingerprint density at radius 1 is 1.38 bits per heavy atom. The maximum absolute atomic E-state index is 12.2. The third kappa shape index (κ3) is 4.90. The van der Waals surface area contributed by atoms with Crippen molar-refractivity contribution in [1.82, 2.24) is 0 Å². The quantitative estimate of drug-likeness (QED) is 0.493. The van der Waals surface area contributed by atoms with Crippen molar-refractivity contribution in [3.05, 3.63) is 28.3 Å². The van der Waals surface area contributed by atoms with Crippen LogP contribution in [-0.2, 0) is 14.6 Å². The monoisotopic (exact) mass is 345 g/mol. The zero-order chi connectivity index (χ0) is 16.4. The Bertz CT molecular complexity index is 685. The molecule has 0 fully saturated rings. The Morgan fingerprint density at radius 2 is 1.95 bits per heavy atom. The number of aliphatic carboxylic acids is 1. The van der Waals surface area contributed by atoms with Crippen LogP contribution in [0, 0.1) is 10.1 Å². The Hall–Kier alpha value is -1.82. The number of rotatable bonds is 5. The van der Waals surface area contributed by atoms with E-state index >= 15 is 0 Å². The number of nitrogens with zero attached hydrogens (tertiary/aromatic N) is 1. The van der Waals surface area contributed by atoms with E-state index < -0.39 is 59.2 Å². The summed E-state index contributed by atoms with van der Waals surface area (Å²) < 4.78 is 59.8. The molecule has 21 heavy (non-hydrogen) atoms. The van der Waals surface area contributed by atoms with Gasteiger partial charge in [0, 0.05) is 11.0 Å². The highest BCUT2D eigenvalue weighted by Crippen LogP contribution is 2.39. The number of hydrogen-bond donors (Lipinski definition) is 1. The fourth-order valence-electron chi connectivity index (χ4n) is 1.34. The third-order valence-corrected chi connectivity index (χ3v) is 4.37. The molecule has 0 bridgehead atoms. The summed E-state index contributed by atoms with van der Waals surface area (Å²) in [5.41, 5.74) is -5.81. The van der Waals surface area contributed by atoms with Crippen LogP contribution in [0.1, 0.15) is 0 Å². The number of sulfone groups is 1. The van der Waals surface area contributed by atoms with Crippen molar-refractivity contribution in [2.45, 2.75) is 15.3 Å². The van der Waals surface area contributed by atoms with Crippen molar-refractivity contribution >= 4 is 33.3 Å². The summed E-state index contributed by atoms with van der Waals surface area (Å²) in [5.74, 6) is -3.14. The summed E-state index contributed by atoms with van der Waals surface area (Å²) in [5, 5.41) is 19.2. The Morgan fingerprint density at radius 3 is 2.38 bits per heavy atom. The lowest BCUT2D eigenvalue weighted by molar-refractivity contribution is -0.388. The van der Waals surface area contributed by atoms with E-state index in [9.17, 15) is 36.5 Å². The average molecular weight is 345 g/mol. The van der Waals surface area contributed by atoms with Crippen LogP contribution in [0.3, 0.4) is 0 Å². The first-order valence-electron chi connectivity index (χ1n) is 4.91. The molecule has 7 nitrogen and oxygen atoms in total. The molecule has 0 saturated carbocycles. The smallest absolute Gasteiger partial charge is 0.446 e. The first-order chi connectivity index (χ1) is 9.42. The van der Waals surface area contributed by atoms with Gasteiger partial charge < -0.3 is 5.11 Å². The van der Waals surface area contributed by atoms with Crippen molar-refractivity contribution in [3.63, 3.8) is 0 Å². The van der Waals surface area contributed by atoms with Crippen LogP contribution in [0.4, 0.5) is 18.9 Å². The molecule has 0 aliphatic carbocycles. The molecule has 12 heteroatoms. The van der Waals surface area contributed by atoms with E-state index in [0.717, 1.165) is 6.07 Å². The van der Waals surface area contributed by atoms with Gasteiger partial charge in [0.15, 0.2) is 15.6 Å². The van der Waals surface area contributed by atoms with Crippen molar-refractivity contribution in [2.24, 2.45) is 0 Å². The molecule has 0 atom stereocenters. The maximum atomic E-state index is 12.2. The van der Waals surface area contributed by atoms with Gasteiger partial charge in [-0.1, -0.05) is 0 Å². The third-order valence-electron chi connectivity index (χ3n) is 2.01. The molecular weight excluding hydrogens is 339 g/mol. The lowest BCUT2D eigenvalue weighted by atomic mass is 10.3. The molecule has 0 aromatic heterocycles. The largest absolute Gasteiger partial charge is 0.480 e. The summed E-state index contributed by atoms with van der Waals surface area (Å²) in [6.45, 7) is 0. The van der Waals surface area contributed by atoms with Gasteiger partial charge in [0.05, 0.1) is 4.92 Å². The van der Waals surface area contributed by atoms with Crippen molar-refractivity contribution in [2.75, 3.05) is 5.75 Å². The summed E-state index contributed by atoms with van der Waals surface area (Å²) in [6.07, 6.45) is 0. The Kier molecular flexibility index (Phi) is 4.83. The van der Waals surface area contributed by atoms with E-state index in [2.05, 4.69) is 0 Å². The second-order valence-corrected chi connectivity index (χ2v) is 6.68. The number of thioether (sulfide) groups is 1. The minimum atomic E-state index is -4.70. The van der Waals surface area contributed by atoms with Gasteiger partial charge in [0.25, 0.3) is 5.69 Å². The van der Waals surface area contributed by atoms with E-state index in [0.29, 0.717) is 12.1 Å². The molecule has 116 valence electrons. The number of benzene rings is 1. The van der Waals surface area contributed by atoms with Gasteiger partial charge in [-0.2, -0.15) is 13.2 Å². The van der Waals surface area contributed by atoms with Crippen LogP contribution < -0.4 is 0 Å². The molecule has 1 aromatic carbocycles. The number of carboxylic acids is 1. The van der Waals surface area contributed by atoms with Gasteiger partial charge in [0.2, 0.25) is 0 Å². The van der Waals surface area contributed by atoms with Crippen LogP contribution in [0.5, 0.6) is 0 Å². The Balaban J connectivity index is 3.36.